The summed E-state index contributed by atoms with van der Waals surface area (Å²) in [6.45, 7) is 10.7. The second kappa shape index (κ2) is 12.0. The third-order valence-electron chi connectivity index (χ3n) is 5.54. The molecule has 1 aliphatic heterocycles. The number of thiazole rings is 1. The zero-order valence-electron chi connectivity index (χ0n) is 18.7. The number of unbranched alkanes of at least 4 members (excludes halogenated alkanes) is 1. The van der Waals surface area contributed by atoms with Crippen molar-refractivity contribution in [3.63, 3.8) is 0 Å². The van der Waals surface area contributed by atoms with Crippen LogP contribution in [0.25, 0.3) is 0 Å². The topological polar surface area (TPSA) is 47.0 Å². The number of hydrogen-bond acceptors (Lipinski definition) is 5. The van der Waals surface area contributed by atoms with Crippen molar-refractivity contribution < 1.29 is 0 Å². The molecule has 0 aliphatic carbocycles. The molecule has 1 fully saturated rings. The fourth-order valence-corrected chi connectivity index (χ4v) is 4.46. The lowest BCUT2D eigenvalue weighted by Gasteiger charge is -2.34. The number of aliphatic imine (C=N–C) groups is 1. The van der Waals surface area contributed by atoms with Gasteiger partial charge in [-0.15, -0.1) is 11.3 Å². The fraction of sp³-hybridized carbons (Fsp3) is 0.565. The number of nitrogens with one attached hydrogen (secondary N) is 1. The van der Waals surface area contributed by atoms with Gasteiger partial charge in [0.05, 0.1) is 17.2 Å². The summed E-state index contributed by atoms with van der Waals surface area (Å²) in [5, 5.41) is 6.73. The molecule has 0 radical (unpaired) electrons. The molecule has 0 spiro atoms. The first-order valence-corrected chi connectivity index (χ1v) is 11.8. The molecule has 3 rings (SSSR count). The van der Waals surface area contributed by atoms with E-state index in [2.05, 4.69) is 72.8 Å². The summed E-state index contributed by atoms with van der Waals surface area (Å²) in [6.07, 6.45) is 2.38. The zero-order valence-corrected chi connectivity index (χ0v) is 19.5. The van der Waals surface area contributed by atoms with Crippen molar-refractivity contribution in [3.05, 3.63) is 52.0 Å². The van der Waals surface area contributed by atoms with Gasteiger partial charge in [0.15, 0.2) is 5.96 Å². The third kappa shape index (κ3) is 7.38. The fourth-order valence-electron chi connectivity index (χ4n) is 3.86. The Balaban J connectivity index is 1.27. The lowest BCUT2D eigenvalue weighted by Crippen LogP contribution is -2.46. The Kier molecular flexibility index (Phi) is 9.11. The summed E-state index contributed by atoms with van der Waals surface area (Å²) < 4.78 is 0. The maximum absolute atomic E-state index is 4.54. The van der Waals surface area contributed by atoms with E-state index in [1.165, 1.54) is 44.7 Å². The Morgan fingerprint density at radius 2 is 1.87 bits per heavy atom. The van der Waals surface area contributed by atoms with Gasteiger partial charge < -0.3 is 15.1 Å². The van der Waals surface area contributed by atoms with Gasteiger partial charge in [-0.05, 0) is 31.9 Å². The number of hydrogen-bond donors (Lipinski definition) is 1. The van der Waals surface area contributed by atoms with Crippen molar-refractivity contribution in [1.82, 2.24) is 25.0 Å². The number of rotatable bonds is 9. The standard InChI is InChI=1S/C23H36N6S/c1-20-26-22(19-30-20)18-27(3)23(24-2)25-11-7-8-12-28-13-15-29(16-14-28)17-21-9-5-4-6-10-21/h4-6,9-10,19H,7-8,11-18H2,1-3H3,(H,24,25). The van der Waals surface area contributed by atoms with Crippen LogP contribution in [-0.2, 0) is 13.1 Å². The third-order valence-corrected chi connectivity index (χ3v) is 6.36. The number of nitrogens with zero attached hydrogens (tertiary/aromatic N) is 5. The molecule has 1 N–H and O–H groups in total. The van der Waals surface area contributed by atoms with Crippen molar-refractivity contribution in [3.8, 4) is 0 Å². The molecule has 0 unspecified atom stereocenters. The molecule has 0 bridgehead atoms. The van der Waals surface area contributed by atoms with Crippen LogP contribution in [0.4, 0.5) is 0 Å². The van der Waals surface area contributed by atoms with Crippen molar-refractivity contribution >= 4 is 17.3 Å². The van der Waals surface area contributed by atoms with Crippen LogP contribution >= 0.6 is 11.3 Å². The quantitative estimate of drug-likeness (QED) is 0.378. The Bertz CT molecular complexity index is 767. The molecule has 1 aromatic carbocycles. The van der Waals surface area contributed by atoms with E-state index in [0.29, 0.717) is 0 Å². The molecule has 0 amide bonds. The number of benzene rings is 1. The summed E-state index contributed by atoms with van der Waals surface area (Å²) in [7, 11) is 3.92. The van der Waals surface area contributed by atoms with Gasteiger partial charge in [0.2, 0.25) is 0 Å². The Morgan fingerprint density at radius 1 is 1.13 bits per heavy atom. The van der Waals surface area contributed by atoms with Crippen LogP contribution in [0.15, 0.2) is 40.7 Å². The molecule has 1 saturated heterocycles. The highest BCUT2D eigenvalue weighted by atomic mass is 32.1. The van der Waals surface area contributed by atoms with E-state index in [1.54, 1.807) is 11.3 Å². The smallest absolute Gasteiger partial charge is 0.193 e. The molecule has 0 atom stereocenters. The van der Waals surface area contributed by atoms with Crippen LogP contribution < -0.4 is 5.32 Å². The SMILES string of the molecule is CN=C(NCCCCN1CCN(Cc2ccccc2)CC1)N(C)Cc1csc(C)n1. The molecule has 2 heterocycles. The maximum atomic E-state index is 4.54. The van der Waals surface area contributed by atoms with Gasteiger partial charge in [0.1, 0.15) is 0 Å². The van der Waals surface area contributed by atoms with Crippen molar-refractivity contribution in [2.75, 3.05) is 53.4 Å². The van der Waals surface area contributed by atoms with Gasteiger partial charge in [-0.3, -0.25) is 9.89 Å². The van der Waals surface area contributed by atoms with Crippen molar-refractivity contribution in [1.29, 1.82) is 0 Å². The van der Waals surface area contributed by atoms with Crippen molar-refractivity contribution in [2.24, 2.45) is 4.99 Å². The summed E-state index contributed by atoms with van der Waals surface area (Å²) in [5.41, 5.74) is 2.52. The largest absolute Gasteiger partial charge is 0.356 e. The van der Waals surface area contributed by atoms with Gasteiger partial charge in [0, 0.05) is 58.7 Å². The van der Waals surface area contributed by atoms with Crippen LogP contribution in [0.1, 0.15) is 29.1 Å². The van der Waals surface area contributed by atoms with E-state index in [9.17, 15) is 0 Å². The van der Waals surface area contributed by atoms with Gasteiger partial charge in [-0.25, -0.2) is 4.98 Å². The monoisotopic (exact) mass is 428 g/mol. The van der Waals surface area contributed by atoms with Crippen LogP contribution in [0.5, 0.6) is 0 Å². The lowest BCUT2D eigenvalue weighted by atomic mass is 10.2. The van der Waals surface area contributed by atoms with E-state index >= 15 is 0 Å². The summed E-state index contributed by atoms with van der Waals surface area (Å²) in [5.74, 6) is 0.940. The molecule has 0 saturated carbocycles. The molecular weight excluding hydrogens is 392 g/mol. The van der Waals surface area contributed by atoms with Gasteiger partial charge in [0.25, 0.3) is 0 Å². The predicted molar refractivity (Wildman–Crippen MR) is 127 cm³/mol. The second-order valence-electron chi connectivity index (χ2n) is 8.00. The van der Waals surface area contributed by atoms with Gasteiger partial charge >= 0.3 is 0 Å². The highest BCUT2D eigenvalue weighted by Gasteiger charge is 2.16. The van der Waals surface area contributed by atoms with E-state index in [-0.39, 0.29) is 0 Å². The van der Waals surface area contributed by atoms with Gasteiger partial charge in [-0.2, -0.15) is 0 Å². The Morgan fingerprint density at radius 3 is 2.53 bits per heavy atom. The minimum absolute atomic E-state index is 0.789. The summed E-state index contributed by atoms with van der Waals surface area (Å²) in [4.78, 5) is 16.3. The second-order valence-corrected chi connectivity index (χ2v) is 9.06. The van der Waals surface area contributed by atoms with Crippen LogP contribution in [0.3, 0.4) is 0 Å². The molecule has 7 heteroatoms. The van der Waals surface area contributed by atoms with Gasteiger partial charge in [-0.1, -0.05) is 30.3 Å². The summed E-state index contributed by atoms with van der Waals surface area (Å²) in [6, 6.07) is 10.8. The molecule has 6 nitrogen and oxygen atoms in total. The van der Waals surface area contributed by atoms with E-state index in [4.69, 9.17) is 0 Å². The predicted octanol–water partition coefficient (Wildman–Crippen LogP) is 3.06. The minimum Gasteiger partial charge on any atom is -0.356 e. The number of guanidine groups is 1. The zero-order chi connectivity index (χ0) is 21.2. The number of aryl methyl sites for hydroxylation is 1. The number of aromatic nitrogens is 1. The van der Waals surface area contributed by atoms with Crippen LogP contribution in [-0.4, -0.2) is 79.0 Å². The van der Waals surface area contributed by atoms with E-state index in [1.807, 2.05) is 14.0 Å². The lowest BCUT2D eigenvalue weighted by molar-refractivity contribution is 0.126. The van der Waals surface area contributed by atoms with Crippen LogP contribution in [0.2, 0.25) is 0 Å². The molecule has 164 valence electrons. The van der Waals surface area contributed by atoms with E-state index < -0.39 is 0 Å². The molecule has 2 aromatic rings. The highest BCUT2D eigenvalue weighted by molar-refractivity contribution is 7.09. The van der Waals surface area contributed by atoms with E-state index in [0.717, 1.165) is 42.7 Å². The molecule has 30 heavy (non-hydrogen) atoms. The molecule has 1 aliphatic rings. The number of piperazine rings is 1. The Hall–Kier alpha value is -1.96. The Labute approximate surface area is 185 Å². The average Bonchev–Trinajstić information content (AvgIpc) is 3.17. The molecular formula is C23H36N6S. The average molecular weight is 429 g/mol. The first-order chi connectivity index (χ1) is 14.6. The highest BCUT2D eigenvalue weighted by Crippen LogP contribution is 2.10. The van der Waals surface area contributed by atoms with Crippen LogP contribution in [0, 0.1) is 6.92 Å². The maximum Gasteiger partial charge on any atom is 0.193 e. The molecule has 1 aromatic heterocycles. The van der Waals surface area contributed by atoms with Crippen molar-refractivity contribution in [2.45, 2.75) is 32.9 Å². The normalized spacial score (nSPS) is 16.0. The first-order valence-electron chi connectivity index (χ1n) is 11.0. The summed E-state index contributed by atoms with van der Waals surface area (Å²) >= 11 is 1.70. The first kappa shape index (κ1) is 22.7. The minimum atomic E-state index is 0.789.